The van der Waals surface area contributed by atoms with E-state index in [4.69, 9.17) is 0 Å². The summed E-state index contributed by atoms with van der Waals surface area (Å²) in [6.07, 6.45) is 20.0. The van der Waals surface area contributed by atoms with Crippen LogP contribution in [-0.4, -0.2) is 0 Å². The van der Waals surface area contributed by atoms with E-state index in [1.807, 2.05) is 0 Å². The van der Waals surface area contributed by atoms with E-state index in [1.165, 1.54) is 221 Å². The van der Waals surface area contributed by atoms with Crippen LogP contribution in [-0.2, 0) is 25.7 Å². The fourth-order valence-corrected chi connectivity index (χ4v) is 16.9. The highest BCUT2D eigenvalue weighted by Crippen LogP contribution is 2.48. The topological polar surface area (TPSA) is 6.48 Å². The van der Waals surface area contributed by atoms with Gasteiger partial charge in [0.05, 0.1) is 0 Å². The Labute approximate surface area is 658 Å². The minimum atomic E-state index is 0.489. The molecule has 0 bridgehead atoms. The maximum absolute atomic E-state index is 2.45. The molecule has 2 heteroatoms. The number of benzene rings is 14. The van der Waals surface area contributed by atoms with Gasteiger partial charge in [-0.1, -0.05) is 338 Å². The first kappa shape index (κ1) is 76.0. The van der Waals surface area contributed by atoms with Crippen molar-refractivity contribution < 1.29 is 0 Å². The van der Waals surface area contributed by atoms with Crippen LogP contribution < -0.4 is 9.80 Å². The Kier molecular flexibility index (Phi) is 24.7. The van der Waals surface area contributed by atoms with E-state index in [0.29, 0.717) is 11.8 Å². The summed E-state index contributed by atoms with van der Waals surface area (Å²) < 4.78 is 0. The van der Waals surface area contributed by atoms with Crippen molar-refractivity contribution in [1.82, 2.24) is 0 Å². The van der Waals surface area contributed by atoms with Gasteiger partial charge < -0.3 is 9.80 Å². The summed E-state index contributed by atoms with van der Waals surface area (Å²) in [7, 11) is 0. The van der Waals surface area contributed by atoms with E-state index < -0.39 is 0 Å². The summed E-state index contributed by atoms with van der Waals surface area (Å²) in [6, 6.07) is 111. The number of nitrogens with zero attached hydrogens (tertiary/aromatic N) is 2. The van der Waals surface area contributed by atoms with Crippen molar-refractivity contribution in [1.29, 1.82) is 0 Å². The molecule has 0 saturated carbocycles. The lowest BCUT2D eigenvalue weighted by atomic mass is 9.83. The second kappa shape index (κ2) is 35.7. The lowest BCUT2D eigenvalue weighted by Crippen LogP contribution is -2.10. The van der Waals surface area contributed by atoms with Gasteiger partial charge in [-0.3, -0.25) is 0 Å². The molecule has 14 aromatic rings. The van der Waals surface area contributed by atoms with E-state index in [0.717, 1.165) is 59.8 Å². The van der Waals surface area contributed by atoms with Crippen molar-refractivity contribution in [3.05, 3.63) is 336 Å². The van der Waals surface area contributed by atoms with Crippen LogP contribution in [0.3, 0.4) is 0 Å². The lowest BCUT2D eigenvalue weighted by Gasteiger charge is -2.27. The molecule has 0 fully saturated rings. The number of unbranched alkanes of at least 4 members (excludes halogenated alkanes) is 10. The number of hydrogen-bond donors (Lipinski definition) is 0. The number of hydrogen-bond acceptors (Lipinski definition) is 2. The maximum Gasteiger partial charge on any atom is 0.0464 e. The minimum Gasteiger partial charge on any atom is -0.310 e. The van der Waals surface area contributed by atoms with Crippen LogP contribution in [0.1, 0.15) is 189 Å². The molecule has 0 unspecified atom stereocenters. The molecule has 554 valence electrons. The minimum absolute atomic E-state index is 0.489. The van der Waals surface area contributed by atoms with Gasteiger partial charge in [0.2, 0.25) is 0 Å². The zero-order chi connectivity index (χ0) is 76.0. The predicted octanol–water partition coefficient (Wildman–Crippen LogP) is 32.4. The highest BCUT2D eigenvalue weighted by atomic mass is 15.1. The summed E-state index contributed by atoms with van der Waals surface area (Å²) in [5.41, 5.74) is 35.0. The van der Waals surface area contributed by atoms with E-state index >= 15 is 0 Å². The van der Waals surface area contributed by atoms with Gasteiger partial charge in [0.25, 0.3) is 0 Å². The molecule has 0 aliphatic heterocycles. The quantitative estimate of drug-likeness (QED) is 0.0400. The summed E-state index contributed by atoms with van der Waals surface area (Å²) in [4.78, 5) is 4.89. The van der Waals surface area contributed by atoms with Crippen LogP contribution >= 0.6 is 0 Å². The monoisotopic (exact) mass is 1440 g/mol. The Morgan fingerprint density at radius 1 is 0.245 bits per heavy atom. The van der Waals surface area contributed by atoms with Gasteiger partial charge in [-0.15, -0.1) is 0 Å². The first-order valence-electron chi connectivity index (χ1n) is 41.6. The van der Waals surface area contributed by atoms with Crippen molar-refractivity contribution in [2.45, 2.75) is 184 Å². The first-order chi connectivity index (χ1) is 53.9. The Bertz CT molecular complexity index is 5030. The van der Waals surface area contributed by atoms with Gasteiger partial charge in [0, 0.05) is 34.1 Å². The van der Waals surface area contributed by atoms with E-state index in [2.05, 4.69) is 370 Å². The Morgan fingerprint density at radius 2 is 0.518 bits per heavy atom. The molecule has 14 aromatic carbocycles. The Morgan fingerprint density at radius 3 is 0.836 bits per heavy atom. The van der Waals surface area contributed by atoms with Gasteiger partial charge in [0.15, 0.2) is 0 Å². The summed E-state index contributed by atoms with van der Waals surface area (Å²) >= 11 is 0. The van der Waals surface area contributed by atoms with E-state index in [1.54, 1.807) is 0 Å². The Hall–Kier alpha value is -10.8. The smallest absolute Gasteiger partial charge is 0.0464 e. The second-order valence-electron chi connectivity index (χ2n) is 31.6. The third kappa shape index (κ3) is 17.1. The van der Waals surface area contributed by atoms with Crippen LogP contribution in [0.15, 0.2) is 291 Å². The average molecular weight is 1440 g/mol. The number of fused-ring (bicyclic) bond motifs is 2. The highest BCUT2D eigenvalue weighted by Gasteiger charge is 2.23. The first-order valence-corrected chi connectivity index (χ1v) is 41.6. The molecule has 0 N–H and O–H groups in total. The van der Waals surface area contributed by atoms with Crippen molar-refractivity contribution in [3.8, 4) is 77.9 Å². The molecule has 2 nitrogen and oxygen atoms in total. The predicted molar refractivity (Wildman–Crippen MR) is 479 cm³/mol. The molecule has 0 radical (unpaired) electrons. The molecule has 0 amide bonds. The van der Waals surface area contributed by atoms with Crippen molar-refractivity contribution in [3.63, 3.8) is 0 Å². The zero-order valence-electron chi connectivity index (χ0n) is 67.1. The van der Waals surface area contributed by atoms with Gasteiger partial charge >= 0.3 is 0 Å². The second-order valence-corrected chi connectivity index (χ2v) is 31.6. The van der Waals surface area contributed by atoms with E-state index in [9.17, 15) is 0 Å². The summed E-state index contributed by atoms with van der Waals surface area (Å²) in [5.74, 6) is 0.977. The number of rotatable bonds is 31. The van der Waals surface area contributed by atoms with Crippen LogP contribution in [0, 0.1) is 13.8 Å². The molecule has 0 saturated heterocycles. The molecular formula is C108H112N2. The van der Waals surface area contributed by atoms with Gasteiger partial charge in [0.1, 0.15) is 0 Å². The lowest BCUT2D eigenvalue weighted by molar-refractivity contribution is 0.607. The third-order valence-electron chi connectivity index (χ3n) is 23.3. The van der Waals surface area contributed by atoms with Gasteiger partial charge in [-0.05, 0) is 281 Å². The van der Waals surface area contributed by atoms with Crippen molar-refractivity contribution in [2.75, 3.05) is 9.80 Å². The molecule has 0 heterocycles. The van der Waals surface area contributed by atoms with Crippen LogP contribution in [0.25, 0.3) is 99.4 Å². The van der Waals surface area contributed by atoms with Crippen molar-refractivity contribution in [2.24, 2.45) is 0 Å². The number of aryl methyl sites for hydroxylation is 6. The molecule has 110 heavy (non-hydrogen) atoms. The SMILES string of the molecule is CCCCCCCCc1ccc(-c2ccc(N(c3ccc(-c4ccc(C(C)C)cc4)cc3)c3ccc(-c4cc(C)c(-c5c(C)cc(-c6ccc(N(c7ccc(-c8ccc(C(C)C)cc8)cc7)c7ccc(-c8ccc(CCCCCCCC)cc8)c(CC)c7)cc6)c6ccccc56)c5ccccc45)cc3)cc2CC)cc1. The van der Waals surface area contributed by atoms with Crippen molar-refractivity contribution >= 4 is 55.7 Å². The molecule has 0 spiro atoms. The summed E-state index contributed by atoms with van der Waals surface area (Å²) in [5, 5.41) is 4.99. The van der Waals surface area contributed by atoms with Crippen LogP contribution in [0.5, 0.6) is 0 Å². The van der Waals surface area contributed by atoms with Gasteiger partial charge in [-0.2, -0.15) is 0 Å². The largest absolute Gasteiger partial charge is 0.310 e. The zero-order valence-corrected chi connectivity index (χ0v) is 67.1. The standard InChI is InChI=1S/C108H112N2/c1-11-15-17-19-21-23-29-79-35-39-89(40-36-79)99-69-67-97(73-81(99)13-3)109(93-59-51-87(52-60-93)85-47-43-83(44-48-85)75(5)6)95-63-55-91(56-64-95)105-71-77(9)107(103-33-27-25-31-101(103)105)108-78(10)72-106(102-32-26-28-34-104(102)108)92-57-65-96(66-58-92)110(94-61-53-88(54-62-94)86-49-45-84(46-50-86)76(7)8)98-68-70-100(82(14-4)74-98)90-41-37-80(38-42-90)30-24-22-20-18-16-12-2/h25-28,31-76H,11-24,29-30H2,1-10H3. The number of anilines is 6. The third-order valence-corrected chi connectivity index (χ3v) is 23.3. The molecule has 14 rings (SSSR count). The average Bonchev–Trinajstić information content (AvgIpc) is 0.736. The molecule has 0 aliphatic carbocycles. The maximum atomic E-state index is 2.45. The molecule has 0 aromatic heterocycles. The molecule has 0 atom stereocenters. The van der Waals surface area contributed by atoms with Crippen LogP contribution in [0.4, 0.5) is 34.1 Å². The van der Waals surface area contributed by atoms with Crippen LogP contribution in [0.2, 0.25) is 0 Å². The molecular weight excluding hydrogens is 1330 g/mol. The molecule has 0 aliphatic rings. The van der Waals surface area contributed by atoms with E-state index in [-0.39, 0.29) is 0 Å². The summed E-state index contributed by atoms with van der Waals surface area (Å²) in [6.45, 7) is 22.9. The highest BCUT2D eigenvalue weighted by molar-refractivity contribution is 6.14. The van der Waals surface area contributed by atoms with Gasteiger partial charge in [-0.25, -0.2) is 0 Å². The Balaban J connectivity index is 0.775. The fourth-order valence-electron chi connectivity index (χ4n) is 16.9. The normalized spacial score (nSPS) is 11.6. The fraction of sp³-hybridized carbons (Fsp3) is 0.259.